The van der Waals surface area contributed by atoms with Gasteiger partial charge in [-0.05, 0) is 11.6 Å². The molecule has 0 bridgehead atoms. The summed E-state index contributed by atoms with van der Waals surface area (Å²) in [6.45, 7) is 3.54. The van der Waals surface area contributed by atoms with Crippen molar-refractivity contribution in [1.29, 1.82) is 0 Å². The molecule has 0 amide bonds. The molecule has 58 valence electrons. The lowest BCUT2D eigenvalue weighted by Crippen LogP contribution is -1.75. The van der Waals surface area contributed by atoms with Crippen LogP contribution in [0, 0.1) is 0 Å². The first-order valence-corrected chi connectivity index (χ1v) is 3.71. The van der Waals surface area contributed by atoms with Crippen LogP contribution in [0.15, 0.2) is 18.7 Å². The zero-order valence-electron chi connectivity index (χ0n) is 5.64. The summed E-state index contributed by atoms with van der Waals surface area (Å²) in [7, 11) is 0. The van der Waals surface area contributed by atoms with Gasteiger partial charge in [0.15, 0.2) is 0 Å². The fraction of sp³-hybridized carbons (Fsp3) is 0. The molecular weight excluding hydrogens is 183 g/mol. The van der Waals surface area contributed by atoms with Crippen LogP contribution in [-0.4, -0.2) is 5.11 Å². The Balaban J connectivity index is 3.31. The normalized spacial score (nSPS) is 9.64. The Bertz CT molecular complexity index is 294. The van der Waals surface area contributed by atoms with Gasteiger partial charge < -0.3 is 5.11 Å². The third-order valence-electron chi connectivity index (χ3n) is 1.29. The number of hydrogen-bond acceptors (Lipinski definition) is 1. The molecule has 1 aromatic rings. The number of halogens is 2. The Morgan fingerprint density at radius 2 is 1.91 bits per heavy atom. The van der Waals surface area contributed by atoms with Crippen molar-refractivity contribution in [3.63, 3.8) is 0 Å². The second-order valence-corrected chi connectivity index (χ2v) is 2.84. The van der Waals surface area contributed by atoms with Gasteiger partial charge in [-0.3, -0.25) is 0 Å². The average molecular weight is 189 g/mol. The molecule has 0 aliphatic heterocycles. The van der Waals surface area contributed by atoms with E-state index < -0.39 is 0 Å². The van der Waals surface area contributed by atoms with Crippen LogP contribution >= 0.6 is 23.2 Å². The molecule has 0 saturated carbocycles. The Morgan fingerprint density at radius 1 is 1.27 bits per heavy atom. The molecule has 1 nitrogen and oxygen atoms in total. The summed E-state index contributed by atoms with van der Waals surface area (Å²) in [5.74, 6) is -0.0118. The zero-order chi connectivity index (χ0) is 8.43. The smallest absolute Gasteiger partial charge is 0.135 e. The summed E-state index contributed by atoms with van der Waals surface area (Å²) in [4.78, 5) is 0. The number of hydrogen-bond donors (Lipinski definition) is 1. The van der Waals surface area contributed by atoms with E-state index in [0.717, 1.165) is 5.56 Å². The van der Waals surface area contributed by atoms with Gasteiger partial charge in [-0.2, -0.15) is 0 Å². The monoisotopic (exact) mass is 188 g/mol. The van der Waals surface area contributed by atoms with Gasteiger partial charge in [0.2, 0.25) is 0 Å². The lowest BCUT2D eigenvalue weighted by atomic mass is 10.2. The maximum absolute atomic E-state index is 9.07. The molecule has 11 heavy (non-hydrogen) atoms. The summed E-state index contributed by atoms with van der Waals surface area (Å²) >= 11 is 11.3. The number of aromatic hydroxyl groups is 1. The number of rotatable bonds is 1. The van der Waals surface area contributed by atoms with Crippen LogP contribution < -0.4 is 0 Å². The largest absolute Gasteiger partial charge is 0.506 e. The first-order valence-electron chi connectivity index (χ1n) is 2.95. The second kappa shape index (κ2) is 3.16. The van der Waals surface area contributed by atoms with E-state index in [0.29, 0.717) is 5.02 Å². The van der Waals surface area contributed by atoms with Gasteiger partial charge in [-0.15, -0.1) is 0 Å². The molecule has 0 aromatic heterocycles. The highest BCUT2D eigenvalue weighted by molar-refractivity contribution is 6.35. The van der Waals surface area contributed by atoms with E-state index in [1.807, 2.05) is 0 Å². The fourth-order valence-electron chi connectivity index (χ4n) is 0.708. The maximum atomic E-state index is 9.07. The maximum Gasteiger partial charge on any atom is 0.135 e. The number of benzene rings is 1. The Labute approximate surface area is 74.9 Å². The molecule has 1 rings (SSSR count). The standard InChI is InChI=1S/C8H6Cl2O/c1-2-5-3-7(10)8(11)4-6(5)9/h2-4,11H,1H2. The fourth-order valence-corrected chi connectivity index (χ4v) is 1.12. The zero-order valence-corrected chi connectivity index (χ0v) is 7.15. The van der Waals surface area contributed by atoms with Gasteiger partial charge in [0.05, 0.1) is 10.0 Å². The molecule has 0 aliphatic carbocycles. The molecule has 0 fully saturated rings. The summed E-state index contributed by atoms with van der Waals surface area (Å²) in [5.41, 5.74) is 0.717. The lowest BCUT2D eigenvalue weighted by molar-refractivity contribution is 0.475. The minimum atomic E-state index is -0.0118. The van der Waals surface area contributed by atoms with E-state index in [2.05, 4.69) is 6.58 Å². The van der Waals surface area contributed by atoms with Crippen LogP contribution in [0.2, 0.25) is 10.0 Å². The number of phenols is 1. The van der Waals surface area contributed by atoms with Crippen molar-refractivity contribution in [3.05, 3.63) is 34.3 Å². The van der Waals surface area contributed by atoms with E-state index in [4.69, 9.17) is 28.3 Å². The predicted molar refractivity (Wildman–Crippen MR) is 48.2 cm³/mol. The van der Waals surface area contributed by atoms with Crippen molar-refractivity contribution in [2.75, 3.05) is 0 Å². The molecule has 1 aromatic carbocycles. The average Bonchev–Trinajstić information content (AvgIpc) is 1.97. The van der Waals surface area contributed by atoms with Gasteiger partial charge in [0.1, 0.15) is 5.75 Å². The quantitative estimate of drug-likeness (QED) is 0.718. The Hall–Kier alpha value is -0.660. The first kappa shape index (κ1) is 8.44. The van der Waals surface area contributed by atoms with Gasteiger partial charge in [-0.1, -0.05) is 35.9 Å². The molecule has 0 unspecified atom stereocenters. The molecule has 0 atom stereocenters. The van der Waals surface area contributed by atoms with E-state index >= 15 is 0 Å². The Morgan fingerprint density at radius 3 is 2.45 bits per heavy atom. The van der Waals surface area contributed by atoms with Crippen LogP contribution in [-0.2, 0) is 0 Å². The van der Waals surface area contributed by atoms with Gasteiger partial charge in [0.25, 0.3) is 0 Å². The van der Waals surface area contributed by atoms with Crippen molar-refractivity contribution in [1.82, 2.24) is 0 Å². The second-order valence-electron chi connectivity index (χ2n) is 2.03. The topological polar surface area (TPSA) is 20.2 Å². The van der Waals surface area contributed by atoms with Crippen molar-refractivity contribution in [3.8, 4) is 5.75 Å². The van der Waals surface area contributed by atoms with Gasteiger partial charge in [-0.25, -0.2) is 0 Å². The SMILES string of the molecule is C=Cc1cc(Cl)c(O)cc1Cl. The minimum absolute atomic E-state index is 0.0118. The first-order chi connectivity index (χ1) is 5.15. The Kier molecular flexibility index (Phi) is 2.42. The van der Waals surface area contributed by atoms with Gasteiger partial charge >= 0.3 is 0 Å². The highest BCUT2D eigenvalue weighted by Crippen LogP contribution is 2.30. The number of phenolic OH excluding ortho intramolecular Hbond substituents is 1. The summed E-state index contributed by atoms with van der Waals surface area (Å²) in [6.07, 6.45) is 1.58. The highest BCUT2D eigenvalue weighted by Gasteiger charge is 2.02. The molecule has 0 saturated heterocycles. The van der Waals surface area contributed by atoms with Crippen LogP contribution in [0.4, 0.5) is 0 Å². The van der Waals surface area contributed by atoms with E-state index in [1.54, 1.807) is 12.1 Å². The molecule has 0 spiro atoms. The van der Waals surface area contributed by atoms with Crippen LogP contribution in [0.3, 0.4) is 0 Å². The molecule has 0 heterocycles. The van der Waals surface area contributed by atoms with Crippen molar-refractivity contribution < 1.29 is 5.11 Å². The van der Waals surface area contributed by atoms with Crippen molar-refractivity contribution in [2.45, 2.75) is 0 Å². The van der Waals surface area contributed by atoms with Crippen LogP contribution in [0.1, 0.15) is 5.56 Å². The van der Waals surface area contributed by atoms with E-state index in [1.165, 1.54) is 6.07 Å². The summed E-state index contributed by atoms with van der Waals surface area (Å²) < 4.78 is 0. The summed E-state index contributed by atoms with van der Waals surface area (Å²) in [5, 5.41) is 9.80. The lowest BCUT2D eigenvalue weighted by Gasteiger charge is -2.00. The molecular formula is C8H6Cl2O. The summed E-state index contributed by atoms with van der Waals surface area (Å²) in [6, 6.07) is 2.95. The molecule has 1 N–H and O–H groups in total. The molecule has 3 heteroatoms. The van der Waals surface area contributed by atoms with E-state index in [-0.39, 0.29) is 10.8 Å². The highest BCUT2D eigenvalue weighted by atomic mass is 35.5. The predicted octanol–water partition coefficient (Wildman–Crippen LogP) is 3.34. The third-order valence-corrected chi connectivity index (χ3v) is 1.92. The third kappa shape index (κ3) is 1.67. The van der Waals surface area contributed by atoms with E-state index in [9.17, 15) is 0 Å². The van der Waals surface area contributed by atoms with Crippen LogP contribution in [0.5, 0.6) is 5.75 Å². The van der Waals surface area contributed by atoms with Crippen LogP contribution in [0.25, 0.3) is 6.08 Å². The van der Waals surface area contributed by atoms with Gasteiger partial charge in [0, 0.05) is 6.07 Å². The molecule has 0 radical (unpaired) electrons. The van der Waals surface area contributed by atoms with Crippen molar-refractivity contribution >= 4 is 29.3 Å². The minimum Gasteiger partial charge on any atom is -0.506 e. The van der Waals surface area contributed by atoms with Crippen molar-refractivity contribution in [2.24, 2.45) is 0 Å². The molecule has 0 aliphatic rings.